The van der Waals surface area contributed by atoms with Crippen molar-refractivity contribution >= 4 is 11.0 Å². The standard InChI is InChI=1S/C9H13NOS/c1-7-6-8-4-2-3-5-9(8)12(11)10-7/h3,5,7,10H,2,4,6H2,1H3. The quantitative estimate of drug-likeness (QED) is 0.607. The fourth-order valence-electron chi connectivity index (χ4n) is 1.74. The van der Waals surface area contributed by atoms with Crippen molar-refractivity contribution in [1.29, 1.82) is 0 Å². The minimum atomic E-state index is -0.944. The Morgan fingerprint density at radius 2 is 2.50 bits per heavy atom. The van der Waals surface area contributed by atoms with Gasteiger partial charge < -0.3 is 0 Å². The van der Waals surface area contributed by atoms with E-state index in [-0.39, 0.29) is 0 Å². The molecule has 2 aliphatic rings. The van der Waals surface area contributed by atoms with Crippen LogP contribution in [0.3, 0.4) is 0 Å². The van der Waals surface area contributed by atoms with E-state index in [0.29, 0.717) is 6.04 Å². The molecule has 0 amide bonds. The molecule has 1 aliphatic carbocycles. The average Bonchev–Trinajstić information content (AvgIpc) is 2.04. The van der Waals surface area contributed by atoms with E-state index in [2.05, 4.69) is 17.7 Å². The second-order valence-electron chi connectivity index (χ2n) is 3.40. The Kier molecular flexibility index (Phi) is 2.15. The molecular formula is C9H13NOS. The molecule has 2 rings (SSSR count). The number of hydrogen-bond donors (Lipinski definition) is 1. The van der Waals surface area contributed by atoms with E-state index in [1.54, 1.807) is 0 Å². The molecule has 1 aliphatic heterocycles. The fraction of sp³-hybridized carbons (Fsp3) is 0.556. The first-order valence-corrected chi connectivity index (χ1v) is 5.49. The first-order valence-electron chi connectivity index (χ1n) is 4.34. The van der Waals surface area contributed by atoms with Crippen LogP contribution in [0.5, 0.6) is 0 Å². The molecule has 0 fully saturated rings. The Balaban J connectivity index is 2.33. The summed E-state index contributed by atoms with van der Waals surface area (Å²) in [5.74, 6) is 0. The van der Waals surface area contributed by atoms with Gasteiger partial charge in [0.2, 0.25) is 0 Å². The molecule has 0 saturated heterocycles. The highest BCUT2D eigenvalue weighted by molar-refractivity contribution is 7.87. The topological polar surface area (TPSA) is 29.1 Å². The molecular weight excluding hydrogens is 170 g/mol. The molecule has 12 heavy (non-hydrogen) atoms. The van der Waals surface area contributed by atoms with Gasteiger partial charge in [-0.3, -0.25) is 0 Å². The molecule has 1 heterocycles. The van der Waals surface area contributed by atoms with E-state index in [9.17, 15) is 4.21 Å². The Morgan fingerprint density at radius 1 is 1.67 bits per heavy atom. The predicted octanol–water partition coefficient (Wildman–Crippen LogP) is 1.64. The maximum absolute atomic E-state index is 11.5. The van der Waals surface area contributed by atoms with Crippen molar-refractivity contribution in [1.82, 2.24) is 4.72 Å². The molecule has 0 saturated carbocycles. The van der Waals surface area contributed by atoms with Crippen molar-refractivity contribution in [2.45, 2.75) is 32.2 Å². The average molecular weight is 183 g/mol. The normalized spacial score (nSPS) is 35.1. The van der Waals surface area contributed by atoms with Crippen LogP contribution in [0.2, 0.25) is 0 Å². The molecule has 0 bridgehead atoms. The van der Waals surface area contributed by atoms with Gasteiger partial charge in [0.25, 0.3) is 0 Å². The van der Waals surface area contributed by atoms with Gasteiger partial charge in [-0.05, 0) is 32.3 Å². The molecule has 2 atom stereocenters. The van der Waals surface area contributed by atoms with Crippen molar-refractivity contribution in [3.8, 4) is 0 Å². The van der Waals surface area contributed by atoms with Crippen LogP contribution in [0.1, 0.15) is 26.2 Å². The minimum absolute atomic E-state index is 0.371. The number of rotatable bonds is 0. The third kappa shape index (κ3) is 1.39. The van der Waals surface area contributed by atoms with Gasteiger partial charge in [-0.15, -0.1) is 0 Å². The fourth-order valence-corrected chi connectivity index (χ4v) is 2.99. The lowest BCUT2D eigenvalue weighted by atomic mass is 9.99. The van der Waals surface area contributed by atoms with Gasteiger partial charge in [0.1, 0.15) is 11.0 Å². The van der Waals surface area contributed by atoms with Crippen LogP contribution in [0.25, 0.3) is 0 Å². The zero-order valence-corrected chi connectivity index (χ0v) is 7.99. The Bertz CT molecular complexity index is 280. The van der Waals surface area contributed by atoms with Crippen molar-refractivity contribution in [3.63, 3.8) is 0 Å². The highest BCUT2D eigenvalue weighted by Crippen LogP contribution is 2.28. The minimum Gasteiger partial charge on any atom is -0.237 e. The van der Waals surface area contributed by atoms with Gasteiger partial charge in [-0.1, -0.05) is 11.6 Å². The molecule has 0 aromatic rings. The zero-order valence-electron chi connectivity index (χ0n) is 7.17. The molecule has 3 heteroatoms. The van der Waals surface area contributed by atoms with E-state index >= 15 is 0 Å². The number of allylic oxidation sites excluding steroid dienone is 2. The van der Waals surface area contributed by atoms with E-state index in [1.807, 2.05) is 6.08 Å². The first-order chi connectivity index (χ1) is 5.77. The van der Waals surface area contributed by atoms with Crippen LogP contribution in [-0.2, 0) is 11.0 Å². The Morgan fingerprint density at radius 3 is 3.33 bits per heavy atom. The molecule has 0 radical (unpaired) electrons. The smallest absolute Gasteiger partial charge is 0.125 e. The third-order valence-corrected chi connectivity index (χ3v) is 3.73. The summed E-state index contributed by atoms with van der Waals surface area (Å²) in [5, 5.41) is 0. The summed E-state index contributed by atoms with van der Waals surface area (Å²) in [6.07, 6.45) is 7.39. The summed E-state index contributed by atoms with van der Waals surface area (Å²) >= 11 is 0. The lowest BCUT2D eigenvalue weighted by molar-refractivity contribution is 0.612. The van der Waals surface area contributed by atoms with Crippen LogP contribution < -0.4 is 4.72 Å². The van der Waals surface area contributed by atoms with Gasteiger partial charge in [0.15, 0.2) is 0 Å². The van der Waals surface area contributed by atoms with Crippen LogP contribution in [0, 0.1) is 0 Å². The SMILES string of the molecule is CC1CC2=C(C=CCC2)S(=O)N1. The summed E-state index contributed by atoms with van der Waals surface area (Å²) in [5.41, 5.74) is 1.39. The maximum Gasteiger partial charge on any atom is 0.125 e. The van der Waals surface area contributed by atoms with Crippen LogP contribution in [0.15, 0.2) is 22.6 Å². The first kappa shape index (κ1) is 8.20. The van der Waals surface area contributed by atoms with Crippen molar-refractivity contribution < 1.29 is 4.21 Å². The molecule has 1 N–H and O–H groups in total. The van der Waals surface area contributed by atoms with Gasteiger partial charge >= 0.3 is 0 Å². The van der Waals surface area contributed by atoms with Crippen molar-refractivity contribution in [2.75, 3.05) is 0 Å². The predicted molar refractivity (Wildman–Crippen MR) is 50.8 cm³/mol. The molecule has 2 nitrogen and oxygen atoms in total. The maximum atomic E-state index is 11.5. The van der Waals surface area contributed by atoms with Crippen LogP contribution >= 0.6 is 0 Å². The second kappa shape index (κ2) is 3.15. The van der Waals surface area contributed by atoms with E-state index in [1.165, 1.54) is 5.57 Å². The number of nitrogens with one attached hydrogen (secondary N) is 1. The summed E-state index contributed by atoms with van der Waals surface area (Å²) in [4.78, 5) is 1.03. The monoisotopic (exact) mass is 183 g/mol. The lowest BCUT2D eigenvalue weighted by Gasteiger charge is -2.25. The van der Waals surface area contributed by atoms with Crippen molar-refractivity contribution in [2.24, 2.45) is 0 Å². The van der Waals surface area contributed by atoms with Gasteiger partial charge in [-0.2, -0.15) is 0 Å². The highest BCUT2D eigenvalue weighted by Gasteiger charge is 2.22. The van der Waals surface area contributed by atoms with Crippen LogP contribution in [-0.4, -0.2) is 10.3 Å². The van der Waals surface area contributed by atoms with Crippen LogP contribution in [0.4, 0.5) is 0 Å². The van der Waals surface area contributed by atoms with Gasteiger partial charge in [0, 0.05) is 6.04 Å². The van der Waals surface area contributed by atoms with Gasteiger partial charge in [0.05, 0.1) is 4.91 Å². The lowest BCUT2D eigenvalue weighted by Crippen LogP contribution is -2.34. The molecule has 2 unspecified atom stereocenters. The molecule has 0 aromatic carbocycles. The zero-order chi connectivity index (χ0) is 8.55. The van der Waals surface area contributed by atoms with Gasteiger partial charge in [-0.25, -0.2) is 8.93 Å². The van der Waals surface area contributed by atoms with Crippen molar-refractivity contribution in [3.05, 3.63) is 22.6 Å². The summed E-state index contributed by atoms with van der Waals surface area (Å²) in [7, 11) is -0.944. The Hall–Kier alpha value is -0.410. The molecule has 0 aromatic heterocycles. The largest absolute Gasteiger partial charge is 0.237 e. The third-order valence-electron chi connectivity index (χ3n) is 2.29. The number of hydrogen-bond acceptors (Lipinski definition) is 1. The van der Waals surface area contributed by atoms with E-state index in [4.69, 9.17) is 0 Å². The highest BCUT2D eigenvalue weighted by atomic mass is 32.2. The summed E-state index contributed by atoms with van der Waals surface area (Å²) < 4.78 is 14.6. The summed E-state index contributed by atoms with van der Waals surface area (Å²) in [6, 6.07) is 0.371. The second-order valence-corrected chi connectivity index (χ2v) is 4.61. The van der Waals surface area contributed by atoms with E-state index in [0.717, 1.165) is 24.2 Å². The summed E-state index contributed by atoms with van der Waals surface area (Å²) in [6.45, 7) is 2.08. The Labute approximate surface area is 75.3 Å². The molecule has 66 valence electrons. The van der Waals surface area contributed by atoms with E-state index < -0.39 is 11.0 Å². The molecule has 0 spiro atoms.